The van der Waals surface area contributed by atoms with Crippen LogP contribution in [0.15, 0.2) is 0 Å². The number of carbonyl (C=O) groups is 1. The summed E-state index contributed by atoms with van der Waals surface area (Å²) in [6, 6.07) is -0.364. The summed E-state index contributed by atoms with van der Waals surface area (Å²) >= 11 is 0. The highest BCUT2D eigenvalue weighted by molar-refractivity contribution is 5.68. The molecule has 1 amide bonds. The van der Waals surface area contributed by atoms with Gasteiger partial charge in [0.25, 0.3) is 0 Å². The van der Waals surface area contributed by atoms with Crippen LogP contribution in [-0.4, -0.2) is 47.4 Å². The van der Waals surface area contributed by atoms with E-state index in [1.54, 1.807) is 7.05 Å². The molecule has 0 aromatic heterocycles. The van der Waals surface area contributed by atoms with Crippen LogP contribution in [-0.2, 0) is 4.74 Å². The smallest absolute Gasteiger partial charge is 0.410 e. The van der Waals surface area contributed by atoms with Crippen LogP contribution in [0.4, 0.5) is 4.79 Å². The first kappa shape index (κ1) is 15.2. The molecule has 0 aliphatic carbocycles. The second-order valence-corrected chi connectivity index (χ2v) is 5.12. The molecule has 0 saturated heterocycles. The molecule has 5 nitrogen and oxygen atoms in total. The van der Waals surface area contributed by atoms with Gasteiger partial charge in [-0.3, -0.25) is 0 Å². The fourth-order valence-corrected chi connectivity index (χ4v) is 1.18. The van der Waals surface area contributed by atoms with Crippen LogP contribution in [0.25, 0.3) is 0 Å². The van der Waals surface area contributed by atoms with E-state index >= 15 is 0 Å². The van der Waals surface area contributed by atoms with Crippen molar-refractivity contribution in [1.29, 1.82) is 0 Å². The summed E-state index contributed by atoms with van der Waals surface area (Å²) in [6.45, 7) is 7.26. The van der Waals surface area contributed by atoms with E-state index in [4.69, 9.17) is 15.6 Å². The molecule has 0 radical (unpaired) electrons. The lowest BCUT2D eigenvalue weighted by Crippen LogP contribution is -2.42. The summed E-state index contributed by atoms with van der Waals surface area (Å²) in [5.41, 5.74) is 5.11. The van der Waals surface area contributed by atoms with Gasteiger partial charge in [0.1, 0.15) is 5.60 Å². The molecule has 0 aliphatic rings. The van der Waals surface area contributed by atoms with E-state index in [2.05, 4.69) is 0 Å². The lowest BCUT2D eigenvalue weighted by Gasteiger charge is -2.29. The van der Waals surface area contributed by atoms with Crippen LogP contribution in [0.3, 0.4) is 0 Å². The first-order valence-corrected chi connectivity index (χ1v) is 5.49. The maximum Gasteiger partial charge on any atom is 0.410 e. The maximum atomic E-state index is 11.7. The zero-order valence-electron chi connectivity index (χ0n) is 10.9. The van der Waals surface area contributed by atoms with Crippen LogP contribution >= 0.6 is 0 Å². The molecule has 0 aromatic rings. The zero-order valence-corrected chi connectivity index (χ0v) is 10.9. The van der Waals surface area contributed by atoms with E-state index < -0.39 is 5.60 Å². The van der Waals surface area contributed by atoms with Crippen molar-refractivity contribution in [3.05, 3.63) is 0 Å². The number of nitrogens with zero attached hydrogens (tertiary/aromatic N) is 1. The normalized spacial score (nSPS) is 15.4. The molecule has 0 bridgehead atoms. The molecule has 0 heterocycles. The number of rotatable bonds is 4. The van der Waals surface area contributed by atoms with Crippen LogP contribution in [0.1, 0.15) is 34.1 Å². The SMILES string of the molecule is CC(CC(N)CO)N(C)C(=O)OC(C)(C)C. The molecule has 2 atom stereocenters. The molecule has 0 aliphatic heterocycles. The molecular weight excluding hydrogens is 208 g/mol. The van der Waals surface area contributed by atoms with Crippen LogP contribution < -0.4 is 5.73 Å². The molecule has 0 aromatic carbocycles. The Morgan fingerprint density at radius 2 is 2.00 bits per heavy atom. The zero-order chi connectivity index (χ0) is 12.9. The van der Waals surface area contributed by atoms with E-state index in [0.717, 1.165) is 0 Å². The second kappa shape index (κ2) is 6.06. The number of amides is 1. The maximum absolute atomic E-state index is 11.7. The Balaban J connectivity index is 4.22. The average molecular weight is 232 g/mol. The second-order valence-electron chi connectivity index (χ2n) is 5.12. The first-order valence-electron chi connectivity index (χ1n) is 5.49. The van der Waals surface area contributed by atoms with Gasteiger partial charge in [0.05, 0.1) is 6.61 Å². The van der Waals surface area contributed by atoms with Crippen molar-refractivity contribution < 1.29 is 14.6 Å². The molecule has 16 heavy (non-hydrogen) atoms. The summed E-state index contributed by atoms with van der Waals surface area (Å²) in [5, 5.41) is 8.83. The molecule has 2 unspecified atom stereocenters. The molecule has 3 N–H and O–H groups in total. The van der Waals surface area contributed by atoms with Gasteiger partial charge in [-0.1, -0.05) is 0 Å². The molecule has 0 fully saturated rings. The lowest BCUT2D eigenvalue weighted by molar-refractivity contribution is 0.0220. The van der Waals surface area contributed by atoms with Gasteiger partial charge in [-0.2, -0.15) is 0 Å². The van der Waals surface area contributed by atoms with Gasteiger partial charge in [0, 0.05) is 19.1 Å². The Hall–Kier alpha value is -0.810. The van der Waals surface area contributed by atoms with Gasteiger partial charge >= 0.3 is 6.09 Å². The van der Waals surface area contributed by atoms with Crippen molar-refractivity contribution in [3.8, 4) is 0 Å². The number of aliphatic hydroxyl groups is 1. The summed E-state index contributed by atoms with van der Waals surface area (Å²) < 4.78 is 5.22. The van der Waals surface area contributed by atoms with Crippen molar-refractivity contribution >= 4 is 6.09 Å². The first-order chi connectivity index (χ1) is 7.17. The summed E-state index contributed by atoms with van der Waals surface area (Å²) in [4.78, 5) is 13.2. The highest BCUT2D eigenvalue weighted by atomic mass is 16.6. The third kappa shape index (κ3) is 5.92. The van der Waals surface area contributed by atoms with E-state index in [-0.39, 0.29) is 24.8 Å². The van der Waals surface area contributed by atoms with Gasteiger partial charge < -0.3 is 20.5 Å². The van der Waals surface area contributed by atoms with Crippen molar-refractivity contribution in [2.75, 3.05) is 13.7 Å². The number of carbonyl (C=O) groups excluding carboxylic acids is 1. The standard InChI is InChI=1S/C11H24N2O3/c1-8(6-9(12)7-14)13(5)10(15)16-11(2,3)4/h8-9,14H,6-7,12H2,1-5H3. The van der Waals surface area contributed by atoms with E-state index in [1.807, 2.05) is 27.7 Å². The van der Waals surface area contributed by atoms with E-state index in [1.165, 1.54) is 4.90 Å². The summed E-state index contributed by atoms with van der Waals surface area (Å²) in [5.74, 6) is 0. The number of nitrogens with two attached hydrogens (primary N) is 1. The Kier molecular flexibility index (Phi) is 5.75. The fraction of sp³-hybridized carbons (Fsp3) is 0.909. The highest BCUT2D eigenvalue weighted by Crippen LogP contribution is 2.12. The van der Waals surface area contributed by atoms with Crippen LogP contribution in [0.5, 0.6) is 0 Å². The number of hydrogen-bond donors (Lipinski definition) is 2. The lowest BCUT2D eigenvalue weighted by atomic mass is 10.1. The Morgan fingerprint density at radius 1 is 1.50 bits per heavy atom. The van der Waals surface area contributed by atoms with Gasteiger partial charge in [-0.15, -0.1) is 0 Å². The minimum atomic E-state index is -0.496. The minimum Gasteiger partial charge on any atom is -0.444 e. The Morgan fingerprint density at radius 3 is 2.38 bits per heavy atom. The molecule has 96 valence electrons. The molecule has 5 heteroatoms. The number of aliphatic hydroxyl groups excluding tert-OH is 1. The highest BCUT2D eigenvalue weighted by Gasteiger charge is 2.23. The molecule has 0 spiro atoms. The topological polar surface area (TPSA) is 75.8 Å². The predicted octanol–water partition coefficient (Wildman–Crippen LogP) is 0.952. The number of hydrogen-bond acceptors (Lipinski definition) is 4. The average Bonchev–Trinajstić information content (AvgIpc) is 2.13. The van der Waals surface area contributed by atoms with Crippen molar-refractivity contribution in [3.63, 3.8) is 0 Å². The monoisotopic (exact) mass is 232 g/mol. The molecule has 0 rings (SSSR count). The predicted molar refractivity (Wildman–Crippen MR) is 63.1 cm³/mol. The van der Waals surface area contributed by atoms with E-state index in [0.29, 0.717) is 6.42 Å². The van der Waals surface area contributed by atoms with Crippen molar-refractivity contribution in [2.45, 2.75) is 51.8 Å². The quantitative estimate of drug-likeness (QED) is 0.756. The third-order valence-corrected chi connectivity index (χ3v) is 2.22. The minimum absolute atomic E-state index is 0.0583. The fourth-order valence-electron chi connectivity index (χ4n) is 1.18. The largest absolute Gasteiger partial charge is 0.444 e. The van der Waals surface area contributed by atoms with Gasteiger partial charge in [-0.25, -0.2) is 4.79 Å². The van der Waals surface area contributed by atoms with Gasteiger partial charge in [0.2, 0.25) is 0 Å². The number of ether oxygens (including phenoxy) is 1. The van der Waals surface area contributed by atoms with Crippen molar-refractivity contribution in [1.82, 2.24) is 4.90 Å². The molecular formula is C11H24N2O3. The Bertz CT molecular complexity index is 226. The molecule has 0 saturated carbocycles. The summed E-state index contributed by atoms with van der Waals surface area (Å²) in [7, 11) is 1.67. The van der Waals surface area contributed by atoms with Gasteiger partial charge in [0.15, 0.2) is 0 Å². The van der Waals surface area contributed by atoms with Crippen LogP contribution in [0, 0.1) is 0 Å². The third-order valence-electron chi connectivity index (χ3n) is 2.22. The van der Waals surface area contributed by atoms with Gasteiger partial charge in [-0.05, 0) is 34.1 Å². The Labute approximate surface area is 97.6 Å². The van der Waals surface area contributed by atoms with E-state index in [9.17, 15) is 4.79 Å². The van der Waals surface area contributed by atoms with Crippen LogP contribution in [0.2, 0.25) is 0 Å². The van der Waals surface area contributed by atoms with Crippen molar-refractivity contribution in [2.24, 2.45) is 5.73 Å². The summed E-state index contributed by atoms with van der Waals surface area (Å²) in [6.07, 6.45) is 0.178.